The summed E-state index contributed by atoms with van der Waals surface area (Å²) in [7, 11) is 0. The fourth-order valence-corrected chi connectivity index (χ4v) is 3.28. The standard InChI is InChI=1S/C18H21NO4/c1-11-8-9-14-15(10-11)17(21)19(16(14)20)12(2)18(22)23-13-6-4-3-5-7-13/h8-10,12-13H,3-7H2,1-2H3/t12-/m0/s1. The molecule has 23 heavy (non-hydrogen) atoms. The molecular weight excluding hydrogens is 294 g/mol. The lowest BCUT2D eigenvalue weighted by molar-refractivity contribution is -0.154. The minimum Gasteiger partial charge on any atom is -0.461 e. The van der Waals surface area contributed by atoms with Crippen LogP contribution in [0.5, 0.6) is 0 Å². The SMILES string of the molecule is Cc1ccc2c(c1)C(=O)N([C@@H](C)C(=O)OC1CCCCC1)C2=O. The number of ether oxygens (including phenoxy) is 1. The zero-order valence-corrected chi connectivity index (χ0v) is 13.5. The molecule has 0 N–H and O–H groups in total. The Hall–Kier alpha value is -2.17. The topological polar surface area (TPSA) is 63.7 Å². The zero-order chi connectivity index (χ0) is 16.6. The number of esters is 1. The van der Waals surface area contributed by atoms with E-state index in [4.69, 9.17) is 4.74 Å². The molecule has 2 amide bonds. The summed E-state index contributed by atoms with van der Waals surface area (Å²) in [4.78, 5) is 38.3. The van der Waals surface area contributed by atoms with Crippen LogP contribution in [0.25, 0.3) is 0 Å². The molecule has 3 rings (SSSR count). The van der Waals surface area contributed by atoms with E-state index in [-0.39, 0.29) is 6.10 Å². The molecule has 0 spiro atoms. The number of amides is 2. The highest BCUT2D eigenvalue weighted by atomic mass is 16.5. The number of carbonyl (C=O) groups is 3. The predicted molar refractivity (Wildman–Crippen MR) is 84.1 cm³/mol. The molecule has 5 heteroatoms. The second-order valence-electron chi connectivity index (χ2n) is 6.40. The molecule has 1 aromatic carbocycles. The normalized spacial score (nSPS) is 19.7. The van der Waals surface area contributed by atoms with Crippen molar-refractivity contribution in [1.82, 2.24) is 4.90 Å². The van der Waals surface area contributed by atoms with Gasteiger partial charge in [0.25, 0.3) is 11.8 Å². The van der Waals surface area contributed by atoms with Crippen LogP contribution in [-0.2, 0) is 9.53 Å². The van der Waals surface area contributed by atoms with Crippen molar-refractivity contribution in [1.29, 1.82) is 0 Å². The van der Waals surface area contributed by atoms with Crippen LogP contribution in [0.4, 0.5) is 0 Å². The van der Waals surface area contributed by atoms with E-state index in [1.54, 1.807) is 25.1 Å². The smallest absolute Gasteiger partial charge is 0.329 e. The summed E-state index contributed by atoms with van der Waals surface area (Å²) in [6.07, 6.45) is 4.91. The van der Waals surface area contributed by atoms with Crippen LogP contribution in [0, 0.1) is 6.92 Å². The molecule has 1 aromatic rings. The van der Waals surface area contributed by atoms with Crippen molar-refractivity contribution in [3.8, 4) is 0 Å². The van der Waals surface area contributed by atoms with Crippen LogP contribution in [0.2, 0.25) is 0 Å². The second-order valence-corrected chi connectivity index (χ2v) is 6.40. The molecule has 0 aromatic heterocycles. The molecule has 0 saturated heterocycles. The molecular formula is C18H21NO4. The first-order chi connectivity index (χ1) is 11.0. The maximum Gasteiger partial charge on any atom is 0.329 e. The largest absolute Gasteiger partial charge is 0.461 e. The van der Waals surface area contributed by atoms with E-state index in [2.05, 4.69) is 0 Å². The van der Waals surface area contributed by atoms with Gasteiger partial charge in [-0.1, -0.05) is 18.1 Å². The van der Waals surface area contributed by atoms with E-state index < -0.39 is 23.8 Å². The fourth-order valence-electron chi connectivity index (χ4n) is 3.28. The Kier molecular flexibility index (Phi) is 4.20. The van der Waals surface area contributed by atoms with Gasteiger partial charge in [0.05, 0.1) is 11.1 Å². The molecule has 5 nitrogen and oxygen atoms in total. The maximum absolute atomic E-state index is 12.5. The van der Waals surface area contributed by atoms with Crippen LogP contribution in [-0.4, -0.2) is 34.8 Å². The Morgan fingerprint density at radius 2 is 1.78 bits per heavy atom. The molecule has 1 fully saturated rings. The first-order valence-electron chi connectivity index (χ1n) is 8.18. The monoisotopic (exact) mass is 315 g/mol. The van der Waals surface area contributed by atoms with Crippen molar-refractivity contribution < 1.29 is 19.1 Å². The molecule has 1 aliphatic carbocycles. The Morgan fingerprint density at radius 1 is 1.13 bits per heavy atom. The van der Waals surface area contributed by atoms with E-state index in [0.29, 0.717) is 11.1 Å². The van der Waals surface area contributed by atoms with Crippen LogP contribution in [0.15, 0.2) is 18.2 Å². The lowest BCUT2D eigenvalue weighted by Crippen LogP contribution is -2.44. The van der Waals surface area contributed by atoms with Gasteiger partial charge in [0.2, 0.25) is 0 Å². The molecule has 2 aliphatic rings. The Balaban J connectivity index is 1.75. The summed E-state index contributed by atoms with van der Waals surface area (Å²) in [5, 5.41) is 0. The van der Waals surface area contributed by atoms with Gasteiger partial charge in [-0.3, -0.25) is 14.5 Å². The van der Waals surface area contributed by atoms with E-state index >= 15 is 0 Å². The van der Waals surface area contributed by atoms with Crippen molar-refractivity contribution >= 4 is 17.8 Å². The number of hydrogen-bond donors (Lipinski definition) is 0. The number of hydrogen-bond acceptors (Lipinski definition) is 4. The van der Waals surface area contributed by atoms with Crippen LogP contribution in [0.3, 0.4) is 0 Å². The third-order valence-electron chi connectivity index (χ3n) is 4.64. The molecule has 1 saturated carbocycles. The Bertz CT molecular complexity index is 661. The van der Waals surface area contributed by atoms with Gasteiger partial charge in [0.15, 0.2) is 0 Å². The minimum absolute atomic E-state index is 0.0869. The van der Waals surface area contributed by atoms with Gasteiger partial charge in [-0.15, -0.1) is 0 Å². The van der Waals surface area contributed by atoms with Crippen LogP contribution >= 0.6 is 0 Å². The summed E-state index contributed by atoms with van der Waals surface area (Å²) in [6.45, 7) is 3.42. The third kappa shape index (κ3) is 2.87. The fraction of sp³-hybridized carbons (Fsp3) is 0.500. The zero-order valence-electron chi connectivity index (χ0n) is 13.5. The molecule has 0 bridgehead atoms. The first kappa shape index (κ1) is 15.7. The summed E-state index contributed by atoms with van der Waals surface area (Å²) in [5.41, 5.74) is 1.63. The maximum atomic E-state index is 12.5. The summed E-state index contributed by atoms with van der Waals surface area (Å²) in [6, 6.07) is 4.22. The van der Waals surface area contributed by atoms with Gasteiger partial charge >= 0.3 is 5.97 Å². The number of imide groups is 1. The Labute approximate surface area is 135 Å². The van der Waals surface area contributed by atoms with E-state index in [9.17, 15) is 14.4 Å². The summed E-state index contributed by atoms with van der Waals surface area (Å²) < 4.78 is 5.50. The molecule has 0 radical (unpaired) electrons. The second kappa shape index (κ2) is 6.14. The summed E-state index contributed by atoms with van der Waals surface area (Å²) >= 11 is 0. The van der Waals surface area contributed by atoms with E-state index in [1.807, 2.05) is 6.92 Å². The average molecular weight is 315 g/mol. The van der Waals surface area contributed by atoms with E-state index in [1.165, 1.54) is 6.42 Å². The highest BCUT2D eigenvalue weighted by molar-refractivity contribution is 6.22. The number of carbonyl (C=O) groups excluding carboxylic acids is 3. The number of nitrogens with zero attached hydrogens (tertiary/aromatic N) is 1. The van der Waals surface area contributed by atoms with Gasteiger partial charge < -0.3 is 4.74 Å². The van der Waals surface area contributed by atoms with Crippen molar-refractivity contribution in [3.63, 3.8) is 0 Å². The number of benzene rings is 1. The van der Waals surface area contributed by atoms with Crippen molar-refractivity contribution in [2.24, 2.45) is 0 Å². The van der Waals surface area contributed by atoms with Crippen LogP contribution in [0.1, 0.15) is 65.3 Å². The van der Waals surface area contributed by atoms with Crippen molar-refractivity contribution in [2.45, 2.75) is 58.1 Å². The molecule has 1 heterocycles. The highest BCUT2D eigenvalue weighted by Crippen LogP contribution is 2.27. The quantitative estimate of drug-likeness (QED) is 0.635. The minimum atomic E-state index is -0.898. The van der Waals surface area contributed by atoms with Gasteiger partial charge in [-0.05, 0) is 51.7 Å². The first-order valence-corrected chi connectivity index (χ1v) is 8.18. The van der Waals surface area contributed by atoms with Gasteiger partial charge in [-0.25, -0.2) is 4.79 Å². The third-order valence-corrected chi connectivity index (χ3v) is 4.64. The predicted octanol–water partition coefficient (Wildman–Crippen LogP) is 2.86. The van der Waals surface area contributed by atoms with Crippen molar-refractivity contribution in [2.75, 3.05) is 0 Å². The molecule has 1 atom stereocenters. The molecule has 1 aliphatic heterocycles. The highest BCUT2D eigenvalue weighted by Gasteiger charge is 2.41. The van der Waals surface area contributed by atoms with Gasteiger partial charge in [0, 0.05) is 0 Å². The van der Waals surface area contributed by atoms with Crippen LogP contribution < -0.4 is 0 Å². The number of fused-ring (bicyclic) bond motifs is 1. The number of rotatable bonds is 3. The lowest BCUT2D eigenvalue weighted by Gasteiger charge is -2.26. The van der Waals surface area contributed by atoms with Gasteiger partial charge in [-0.2, -0.15) is 0 Å². The molecule has 0 unspecified atom stereocenters. The number of aryl methyl sites for hydroxylation is 1. The summed E-state index contributed by atoms with van der Waals surface area (Å²) in [5.74, 6) is -1.33. The van der Waals surface area contributed by atoms with E-state index in [0.717, 1.165) is 36.1 Å². The lowest BCUT2D eigenvalue weighted by atomic mass is 9.98. The average Bonchev–Trinajstić information content (AvgIpc) is 2.78. The molecule has 122 valence electrons. The van der Waals surface area contributed by atoms with Crippen molar-refractivity contribution in [3.05, 3.63) is 34.9 Å². The Morgan fingerprint density at radius 3 is 2.48 bits per heavy atom. The van der Waals surface area contributed by atoms with Gasteiger partial charge in [0.1, 0.15) is 12.1 Å².